The number of hydrogen-bond acceptors (Lipinski definition) is 3. The minimum Gasteiger partial charge on any atom is -0.398 e. The molecule has 2 fully saturated rings. The Morgan fingerprint density at radius 2 is 1.90 bits per heavy atom. The molecule has 0 aromatic heterocycles. The lowest BCUT2D eigenvalue weighted by Crippen LogP contribution is -2.40. The third-order valence-corrected chi connectivity index (χ3v) is 4.85. The third-order valence-electron chi connectivity index (χ3n) is 4.85. The highest BCUT2D eigenvalue weighted by molar-refractivity contribution is 5.99. The Labute approximate surface area is 126 Å². The SMILES string of the molecule is Nc1ccccc1C(=O)NC1CCN(C2CCCCC2)C1. The number of rotatable bonds is 3. The Bertz CT molecular complexity index is 497. The molecule has 3 rings (SSSR count). The van der Waals surface area contributed by atoms with Crippen molar-refractivity contribution in [1.29, 1.82) is 0 Å². The van der Waals surface area contributed by atoms with E-state index in [2.05, 4.69) is 10.2 Å². The number of likely N-dealkylation sites (tertiary alicyclic amines) is 1. The van der Waals surface area contributed by atoms with Crippen LogP contribution in [0, 0.1) is 0 Å². The Balaban J connectivity index is 1.55. The first kappa shape index (κ1) is 14.4. The Hall–Kier alpha value is -1.55. The van der Waals surface area contributed by atoms with E-state index < -0.39 is 0 Å². The van der Waals surface area contributed by atoms with E-state index in [1.807, 2.05) is 12.1 Å². The smallest absolute Gasteiger partial charge is 0.253 e. The molecule has 0 bridgehead atoms. The number of para-hydroxylation sites is 1. The molecular weight excluding hydrogens is 262 g/mol. The highest BCUT2D eigenvalue weighted by Crippen LogP contribution is 2.25. The fourth-order valence-corrected chi connectivity index (χ4v) is 3.65. The molecule has 1 saturated carbocycles. The molecule has 0 spiro atoms. The number of nitrogens with one attached hydrogen (secondary N) is 1. The molecule has 21 heavy (non-hydrogen) atoms. The number of nitrogens with zero attached hydrogens (tertiary/aromatic N) is 1. The molecule has 1 amide bonds. The van der Waals surface area contributed by atoms with Crippen molar-refractivity contribution in [3.05, 3.63) is 29.8 Å². The third kappa shape index (κ3) is 3.38. The Kier molecular flexibility index (Phi) is 4.44. The zero-order valence-corrected chi connectivity index (χ0v) is 12.6. The maximum Gasteiger partial charge on any atom is 0.253 e. The first-order valence-electron chi connectivity index (χ1n) is 8.13. The number of hydrogen-bond donors (Lipinski definition) is 2. The molecule has 1 aromatic rings. The lowest BCUT2D eigenvalue weighted by atomic mass is 9.94. The van der Waals surface area contributed by atoms with Crippen molar-refractivity contribution in [1.82, 2.24) is 10.2 Å². The molecule has 1 aromatic carbocycles. The van der Waals surface area contributed by atoms with Crippen molar-refractivity contribution in [2.75, 3.05) is 18.8 Å². The van der Waals surface area contributed by atoms with Crippen LogP contribution in [0.5, 0.6) is 0 Å². The van der Waals surface area contributed by atoms with Crippen LogP contribution in [0.4, 0.5) is 5.69 Å². The number of anilines is 1. The zero-order chi connectivity index (χ0) is 14.7. The highest BCUT2D eigenvalue weighted by atomic mass is 16.1. The van der Waals surface area contributed by atoms with Gasteiger partial charge in [0.15, 0.2) is 0 Å². The van der Waals surface area contributed by atoms with Crippen molar-refractivity contribution in [2.45, 2.75) is 50.6 Å². The molecule has 1 aliphatic heterocycles. The summed E-state index contributed by atoms with van der Waals surface area (Å²) in [5.41, 5.74) is 7.01. The average Bonchev–Trinajstić information content (AvgIpc) is 2.97. The van der Waals surface area contributed by atoms with E-state index in [0.29, 0.717) is 11.3 Å². The summed E-state index contributed by atoms with van der Waals surface area (Å²) < 4.78 is 0. The summed E-state index contributed by atoms with van der Waals surface area (Å²) in [6, 6.07) is 8.28. The highest BCUT2D eigenvalue weighted by Gasteiger charge is 2.30. The van der Waals surface area contributed by atoms with Gasteiger partial charge in [-0.1, -0.05) is 31.4 Å². The van der Waals surface area contributed by atoms with E-state index in [0.717, 1.165) is 25.6 Å². The van der Waals surface area contributed by atoms with E-state index >= 15 is 0 Å². The van der Waals surface area contributed by atoms with Gasteiger partial charge >= 0.3 is 0 Å². The largest absolute Gasteiger partial charge is 0.398 e. The molecule has 1 aliphatic carbocycles. The van der Waals surface area contributed by atoms with Gasteiger partial charge in [0.05, 0.1) is 5.56 Å². The van der Waals surface area contributed by atoms with Crippen LogP contribution in [-0.4, -0.2) is 36.0 Å². The number of nitrogen functional groups attached to an aromatic ring is 1. The van der Waals surface area contributed by atoms with E-state index in [1.165, 1.54) is 32.1 Å². The van der Waals surface area contributed by atoms with Gasteiger partial charge in [-0.2, -0.15) is 0 Å². The molecule has 2 aliphatic rings. The molecule has 1 atom stereocenters. The number of carbonyl (C=O) groups excluding carboxylic acids is 1. The van der Waals surface area contributed by atoms with Crippen LogP contribution in [0.25, 0.3) is 0 Å². The molecule has 114 valence electrons. The van der Waals surface area contributed by atoms with Gasteiger partial charge in [0.2, 0.25) is 0 Å². The second-order valence-electron chi connectivity index (χ2n) is 6.33. The number of nitrogens with two attached hydrogens (primary N) is 1. The predicted molar refractivity (Wildman–Crippen MR) is 85.2 cm³/mol. The lowest BCUT2D eigenvalue weighted by Gasteiger charge is -2.31. The van der Waals surface area contributed by atoms with Crippen LogP contribution >= 0.6 is 0 Å². The maximum absolute atomic E-state index is 12.3. The first-order valence-corrected chi connectivity index (χ1v) is 8.13. The molecule has 0 radical (unpaired) electrons. The van der Waals surface area contributed by atoms with Crippen LogP contribution in [-0.2, 0) is 0 Å². The minimum atomic E-state index is -0.0383. The topological polar surface area (TPSA) is 58.4 Å². The summed E-state index contributed by atoms with van der Waals surface area (Å²) in [6.07, 6.45) is 7.81. The van der Waals surface area contributed by atoms with Crippen molar-refractivity contribution in [2.24, 2.45) is 0 Å². The van der Waals surface area contributed by atoms with Gasteiger partial charge in [0, 0.05) is 30.9 Å². The second kappa shape index (κ2) is 6.48. The fraction of sp³-hybridized carbons (Fsp3) is 0.588. The Morgan fingerprint density at radius 1 is 1.14 bits per heavy atom. The van der Waals surface area contributed by atoms with Crippen molar-refractivity contribution in [3.63, 3.8) is 0 Å². The first-order chi connectivity index (χ1) is 10.2. The van der Waals surface area contributed by atoms with E-state index in [1.54, 1.807) is 12.1 Å². The van der Waals surface area contributed by atoms with Crippen molar-refractivity contribution in [3.8, 4) is 0 Å². The summed E-state index contributed by atoms with van der Waals surface area (Å²) in [6.45, 7) is 2.10. The summed E-state index contributed by atoms with van der Waals surface area (Å²) >= 11 is 0. The fourth-order valence-electron chi connectivity index (χ4n) is 3.65. The van der Waals surface area contributed by atoms with Gasteiger partial charge in [-0.15, -0.1) is 0 Å². The second-order valence-corrected chi connectivity index (χ2v) is 6.33. The van der Waals surface area contributed by atoms with Crippen LogP contribution in [0.15, 0.2) is 24.3 Å². The Morgan fingerprint density at radius 3 is 2.67 bits per heavy atom. The summed E-state index contributed by atoms with van der Waals surface area (Å²) in [4.78, 5) is 14.9. The van der Waals surface area contributed by atoms with Gasteiger partial charge in [-0.3, -0.25) is 9.69 Å². The molecule has 4 heteroatoms. The van der Waals surface area contributed by atoms with Gasteiger partial charge in [0.1, 0.15) is 0 Å². The molecule has 1 saturated heterocycles. The predicted octanol–water partition coefficient (Wildman–Crippen LogP) is 2.41. The van der Waals surface area contributed by atoms with Crippen LogP contribution in [0.3, 0.4) is 0 Å². The number of benzene rings is 1. The number of carbonyl (C=O) groups is 1. The van der Waals surface area contributed by atoms with Crippen molar-refractivity contribution < 1.29 is 4.79 Å². The van der Waals surface area contributed by atoms with Crippen LogP contribution in [0.2, 0.25) is 0 Å². The number of amides is 1. The summed E-state index contributed by atoms with van der Waals surface area (Å²) in [5, 5.41) is 3.14. The zero-order valence-electron chi connectivity index (χ0n) is 12.6. The monoisotopic (exact) mass is 287 g/mol. The molecule has 1 heterocycles. The van der Waals surface area contributed by atoms with Gasteiger partial charge in [-0.05, 0) is 31.4 Å². The van der Waals surface area contributed by atoms with Gasteiger partial charge in [0.25, 0.3) is 5.91 Å². The lowest BCUT2D eigenvalue weighted by molar-refractivity contribution is 0.0935. The van der Waals surface area contributed by atoms with Crippen LogP contribution in [0.1, 0.15) is 48.9 Å². The maximum atomic E-state index is 12.3. The minimum absolute atomic E-state index is 0.0383. The average molecular weight is 287 g/mol. The van der Waals surface area contributed by atoms with Crippen molar-refractivity contribution >= 4 is 11.6 Å². The summed E-state index contributed by atoms with van der Waals surface area (Å²) in [7, 11) is 0. The van der Waals surface area contributed by atoms with Crippen LogP contribution < -0.4 is 11.1 Å². The van der Waals surface area contributed by atoms with E-state index in [4.69, 9.17) is 5.73 Å². The quantitative estimate of drug-likeness (QED) is 0.839. The molecule has 3 N–H and O–H groups in total. The molecular formula is C17H25N3O. The van der Waals surface area contributed by atoms with E-state index in [9.17, 15) is 4.79 Å². The van der Waals surface area contributed by atoms with Gasteiger partial charge in [-0.25, -0.2) is 0 Å². The summed E-state index contributed by atoms with van der Waals surface area (Å²) in [5.74, 6) is -0.0383. The van der Waals surface area contributed by atoms with Gasteiger partial charge < -0.3 is 11.1 Å². The van der Waals surface area contributed by atoms with E-state index in [-0.39, 0.29) is 11.9 Å². The molecule has 4 nitrogen and oxygen atoms in total. The normalized spacial score (nSPS) is 24.1. The molecule has 1 unspecified atom stereocenters. The standard InChI is InChI=1S/C17H25N3O/c18-16-9-5-4-8-15(16)17(21)19-13-10-11-20(12-13)14-6-2-1-3-7-14/h4-5,8-9,13-14H,1-3,6-7,10-12,18H2,(H,19,21).